The van der Waals surface area contributed by atoms with Crippen molar-refractivity contribution in [3.05, 3.63) is 123 Å². The van der Waals surface area contributed by atoms with Gasteiger partial charge in [0.15, 0.2) is 10.6 Å². The van der Waals surface area contributed by atoms with Gasteiger partial charge in [-0.15, -0.1) is 11.3 Å². The summed E-state index contributed by atoms with van der Waals surface area (Å²) >= 11 is 1.34. The molecule has 0 bridgehead atoms. The lowest BCUT2D eigenvalue weighted by Crippen LogP contribution is -2.29. The minimum Gasteiger partial charge on any atom is -0.489 e. The van der Waals surface area contributed by atoms with Gasteiger partial charge in [-0.1, -0.05) is 54.6 Å². The fourth-order valence-electron chi connectivity index (χ4n) is 4.25. The molecule has 34 heavy (non-hydrogen) atoms. The number of fused-ring (bicyclic) bond motifs is 2. The van der Waals surface area contributed by atoms with E-state index in [0.29, 0.717) is 34.0 Å². The van der Waals surface area contributed by atoms with Crippen molar-refractivity contribution in [2.75, 3.05) is 4.90 Å². The topological polar surface area (TPSA) is 72.6 Å². The molecule has 0 unspecified atom stereocenters. The van der Waals surface area contributed by atoms with Gasteiger partial charge in [0.1, 0.15) is 17.9 Å². The van der Waals surface area contributed by atoms with Crippen molar-refractivity contribution in [2.45, 2.75) is 12.6 Å². The number of carbonyl (C=O) groups is 1. The molecular weight excluding hydrogens is 448 g/mol. The number of aromatic nitrogens is 1. The van der Waals surface area contributed by atoms with Crippen LogP contribution in [0.5, 0.6) is 5.75 Å². The van der Waals surface area contributed by atoms with Crippen molar-refractivity contribution >= 4 is 33.3 Å². The number of rotatable bonds is 5. The van der Waals surface area contributed by atoms with Crippen LogP contribution in [0, 0.1) is 0 Å². The van der Waals surface area contributed by atoms with E-state index in [-0.39, 0.29) is 17.1 Å². The van der Waals surface area contributed by atoms with Crippen molar-refractivity contribution in [3.63, 3.8) is 0 Å². The van der Waals surface area contributed by atoms with Crippen molar-refractivity contribution in [3.8, 4) is 5.75 Å². The summed E-state index contributed by atoms with van der Waals surface area (Å²) in [6.07, 6.45) is 1.64. The van der Waals surface area contributed by atoms with Crippen LogP contribution in [0.4, 0.5) is 5.13 Å². The van der Waals surface area contributed by atoms with Gasteiger partial charge in [0.2, 0.25) is 5.76 Å². The molecule has 0 saturated heterocycles. The van der Waals surface area contributed by atoms with Crippen LogP contribution in [0.2, 0.25) is 0 Å². The van der Waals surface area contributed by atoms with E-state index in [2.05, 4.69) is 4.98 Å². The Kier molecular flexibility index (Phi) is 4.96. The van der Waals surface area contributed by atoms with Crippen LogP contribution in [-0.2, 0) is 6.61 Å². The summed E-state index contributed by atoms with van der Waals surface area (Å²) < 4.78 is 11.9. The zero-order chi connectivity index (χ0) is 23.1. The Morgan fingerprint density at radius 2 is 1.71 bits per heavy atom. The maximum absolute atomic E-state index is 13.5. The maximum Gasteiger partial charge on any atom is 0.297 e. The van der Waals surface area contributed by atoms with Crippen LogP contribution >= 0.6 is 11.3 Å². The molecular formula is C27H18N2O4S. The average Bonchev–Trinajstić information content (AvgIpc) is 3.51. The zero-order valence-electron chi connectivity index (χ0n) is 17.9. The molecule has 0 fully saturated rings. The summed E-state index contributed by atoms with van der Waals surface area (Å²) in [4.78, 5) is 32.8. The summed E-state index contributed by atoms with van der Waals surface area (Å²) in [7, 11) is 0. The lowest BCUT2D eigenvalue weighted by Gasteiger charge is -2.22. The highest BCUT2D eigenvalue weighted by molar-refractivity contribution is 7.13. The largest absolute Gasteiger partial charge is 0.489 e. The molecule has 3 aromatic carbocycles. The Morgan fingerprint density at radius 1 is 0.941 bits per heavy atom. The van der Waals surface area contributed by atoms with Crippen molar-refractivity contribution in [1.82, 2.24) is 4.98 Å². The lowest BCUT2D eigenvalue weighted by molar-refractivity contribution is 0.0971. The first-order valence-corrected chi connectivity index (χ1v) is 11.6. The van der Waals surface area contributed by atoms with Gasteiger partial charge in [-0.2, -0.15) is 0 Å². The maximum atomic E-state index is 13.5. The second-order valence-electron chi connectivity index (χ2n) is 7.91. The fourth-order valence-corrected chi connectivity index (χ4v) is 4.92. The number of thiazole rings is 1. The number of nitrogens with zero attached hydrogens (tertiary/aromatic N) is 2. The van der Waals surface area contributed by atoms with Crippen LogP contribution in [0.3, 0.4) is 0 Å². The van der Waals surface area contributed by atoms with Gasteiger partial charge >= 0.3 is 0 Å². The molecule has 3 heterocycles. The highest BCUT2D eigenvalue weighted by Crippen LogP contribution is 2.42. The lowest BCUT2D eigenvalue weighted by atomic mass is 9.98. The Hall–Kier alpha value is -4.23. The van der Waals surface area contributed by atoms with Crippen LogP contribution < -0.4 is 15.1 Å². The number of amides is 1. The second-order valence-corrected chi connectivity index (χ2v) is 8.78. The molecule has 0 saturated carbocycles. The predicted octanol–water partition coefficient (Wildman–Crippen LogP) is 5.58. The van der Waals surface area contributed by atoms with Crippen LogP contribution in [0.15, 0.2) is 99.7 Å². The Morgan fingerprint density at radius 3 is 2.47 bits per heavy atom. The molecule has 1 aliphatic heterocycles. The van der Waals surface area contributed by atoms with E-state index in [1.807, 2.05) is 54.6 Å². The molecule has 7 heteroatoms. The quantitative estimate of drug-likeness (QED) is 0.338. The molecule has 6 nitrogen and oxygen atoms in total. The number of hydrogen-bond acceptors (Lipinski definition) is 6. The standard InChI is InChI=1S/C27H18N2O4S/c30-24-20-8-4-5-9-21(20)33-25-22(24)23(29(26(25)31)27-28-14-15-34-27)18-10-12-19(13-11-18)32-16-17-6-2-1-3-7-17/h1-15,23H,16H2/t23-/m1/s1. The van der Waals surface area contributed by atoms with E-state index in [9.17, 15) is 9.59 Å². The first-order chi connectivity index (χ1) is 16.7. The Bertz CT molecular complexity index is 1540. The summed E-state index contributed by atoms with van der Waals surface area (Å²) in [6, 6.07) is 23.7. The number of carbonyl (C=O) groups excluding carboxylic acids is 1. The van der Waals surface area contributed by atoms with Gasteiger partial charge in [-0.05, 0) is 35.4 Å². The molecule has 2 aromatic heterocycles. The van der Waals surface area contributed by atoms with Gasteiger partial charge < -0.3 is 9.15 Å². The second kappa shape index (κ2) is 8.28. The van der Waals surface area contributed by atoms with Crippen LogP contribution in [0.1, 0.15) is 33.3 Å². The van der Waals surface area contributed by atoms with Crippen LogP contribution in [-0.4, -0.2) is 10.9 Å². The third-order valence-corrected chi connectivity index (χ3v) is 6.62. The summed E-state index contributed by atoms with van der Waals surface area (Å²) in [5, 5.41) is 2.76. The molecule has 5 aromatic rings. The van der Waals surface area contributed by atoms with E-state index in [4.69, 9.17) is 9.15 Å². The highest BCUT2D eigenvalue weighted by Gasteiger charge is 2.44. The molecule has 6 rings (SSSR count). The molecule has 0 radical (unpaired) electrons. The number of benzene rings is 3. The number of ether oxygens (including phenoxy) is 1. The van der Waals surface area contributed by atoms with Crippen molar-refractivity contribution in [1.29, 1.82) is 0 Å². The van der Waals surface area contributed by atoms with Gasteiger partial charge in [0.25, 0.3) is 5.91 Å². The van der Waals surface area contributed by atoms with E-state index in [1.54, 1.807) is 40.7 Å². The summed E-state index contributed by atoms with van der Waals surface area (Å²) in [5.74, 6) is 0.388. The first-order valence-electron chi connectivity index (χ1n) is 10.8. The Balaban J connectivity index is 1.42. The highest BCUT2D eigenvalue weighted by atomic mass is 32.1. The third-order valence-electron chi connectivity index (χ3n) is 5.85. The van der Waals surface area contributed by atoms with E-state index in [0.717, 1.165) is 11.1 Å². The van der Waals surface area contributed by atoms with Gasteiger partial charge in [-0.25, -0.2) is 4.98 Å². The van der Waals surface area contributed by atoms with E-state index < -0.39 is 6.04 Å². The summed E-state index contributed by atoms with van der Waals surface area (Å²) in [5.41, 5.74) is 2.36. The van der Waals surface area contributed by atoms with Crippen molar-refractivity contribution < 1.29 is 13.9 Å². The van der Waals surface area contributed by atoms with E-state index >= 15 is 0 Å². The SMILES string of the molecule is O=C1c2oc3ccccc3c(=O)c2[C@@H](c2ccc(OCc3ccccc3)cc2)N1c1nccs1. The molecule has 1 atom stereocenters. The molecule has 166 valence electrons. The monoisotopic (exact) mass is 466 g/mol. The normalized spacial score (nSPS) is 15.0. The average molecular weight is 467 g/mol. The van der Waals surface area contributed by atoms with Crippen LogP contribution in [0.25, 0.3) is 11.0 Å². The zero-order valence-corrected chi connectivity index (χ0v) is 18.7. The van der Waals surface area contributed by atoms with Crippen molar-refractivity contribution in [2.24, 2.45) is 0 Å². The number of para-hydroxylation sites is 1. The number of anilines is 1. The van der Waals surface area contributed by atoms with Gasteiger partial charge in [-0.3, -0.25) is 14.5 Å². The Labute approximate surface area is 198 Å². The molecule has 0 aliphatic carbocycles. The molecule has 0 N–H and O–H groups in total. The minimum absolute atomic E-state index is 0.0632. The van der Waals surface area contributed by atoms with Gasteiger partial charge in [0, 0.05) is 11.6 Å². The number of hydrogen-bond donors (Lipinski definition) is 0. The van der Waals surface area contributed by atoms with Gasteiger partial charge in [0.05, 0.1) is 17.0 Å². The smallest absolute Gasteiger partial charge is 0.297 e. The molecule has 1 aliphatic rings. The third kappa shape index (κ3) is 3.38. The minimum atomic E-state index is -0.641. The predicted molar refractivity (Wildman–Crippen MR) is 130 cm³/mol. The molecule has 1 amide bonds. The molecule has 0 spiro atoms. The summed E-state index contributed by atoms with van der Waals surface area (Å²) in [6.45, 7) is 0.450. The van der Waals surface area contributed by atoms with E-state index in [1.165, 1.54) is 11.3 Å². The first kappa shape index (κ1) is 20.4. The fraction of sp³-hybridized carbons (Fsp3) is 0.0741.